The summed E-state index contributed by atoms with van der Waals surface area (Å²) in [6.45, 7) is 1.59. The number of hydrogen-bond donors (Lipinski definition) is 0. The molecule has 2 aromatic rings. The first-order valence-corrected chi connectivity index (χ1v) is 7.97. The number of hydrogen-bond acceptors (Lipinski definition) is 3. The van der Waals surface area contributed by atoms with E-state index in [9.17, 15) is 4.79 Å². The van der Waals surface area contributed by atoms with Gasteiger partial charge in [-0.1, -0.05) is 29.3 Å². The second-order valence-electron chi connectivity index (χ2n) is 5.27. The number of benzene rings is 1. The first kappa shape index (κ1) is 15.3. The molecule has 0 unspecified atom stereocenters. The maximum absolute atomic E-state index is 12.5. The van der Waals surface area contributed by atoms with Gasteiger partial charge in [-0.3, -0.25) is 4.79 Å². The Kier molecular flexibility index (Phi) is 4.60. The smallest absolute Gasteiger partial charge is 0.272 e. The summed E-state index contributed by atoms with van der Waals surface area (Å²) in [5.41, 5.74) is 1.89. The zero-order valence-corrected chi connectivity index (χ0v) is 13.4. The van der Waals surface area contributed by atoms with Crippen molar-refractivity contribution < 1.29 is 4.79 Å². The van der Waals surface area contributed by atoms with Crippen LogP contribution in [0.3, 0.4) is 0 Å². The minimum atomic E-state index is -0.0385. The van der Waals surface area contributed by atoms with E-state index in [-0.39, 0.29) is 5.91 Å². The average molecular weight is 336 g/mol. The topological polar surface area (TPSA) is 46.1 Å². The molecule has 1 aromatic carbocycles. The second kappa shape index (κ2) is 6.63. The van der Waals surface area contributed by atoms with Crippen LogP contribution < -0.4 is 0 Å². The lowest BCUT2D eigenvalue weighted by molar-refractivity contribution is 0.0718. The second-order valence-corrected chi connectivity index (χ2v) is 6.08. The molecule has 2 heterocycles. The van der Waals surface area contributed by atoms with Gasteiger partial charge in [0.15, 0.2) is 0 Å². The van der Waals surface area contributed by atoms with Crippen LogP contribution in [0, 0.1) is 0 Å². The van der Waals surface area contributed by atoms with Gasteiger partial charge >= 0.3 is 0 Å². The number of likely N-dealkylation sites (tertiary alicyclic amines) is 1. The zero-order chi connectivity index (χ0) is 15.5. The largest absolute Gasteiger partial charge is 0.337 e. The number of piperidine rings is 1. The van der Waals surface area contributed by atoms with Crippen molar-refractivity contribution in [2.75, 3.05) is 13.1 Å². The van der Waals surface area contributed by atoms with Gasteiger partial charge in [-0.2, -0.15) is 0 Å². The van der Waals surface area contributed by atoms with Crippen LogP contribution in [0.1, 0.15) is 29.8 Å². The van der Waals surface area contributed by atoms with Gasteiger partial charge in [0.25, 0.3) is 5.91 Å². The van der Waals surface area contributed by atoms with Crippen LogP contribution in [0.4, 0.5) is 0 Å². The molecule has 0 N–H and O–H groups in total. The lowest BCUT2D eigenvalue weighted by Crippen LogP contribution is -2.36. The van der Waals surface area contributed by atoms with E-state index in [4.69, 9.17) is 23.2 Å². The summed E-state index contributed by atoms with van der Waals surface area (Å²) in [5, 5.41) is 0.950. The van der Waals surface area contributed by atoms with Gasteiger partial charge in [-0.05, 0) is 37.5 Å². The van der Waals surface area contributed by atoms with Crippen molar-refractivity contribution in [1.29, 1.82) is 0 Å². The molecule has 114 valence electrons. The van der Waals surface area contributed by atoms with Gasteiger partial charge in [-0.25, -0.2) is 9.97 Å². The lowest BCUT2D eigenvalue weighted by atomic mass is 10.1. The monoisotopic (exact) mass is 335 g/mol. The first-order chi connectivity index (χ1) is 10.6. The summed E-state index contributed by atoms with van der Waals surface area (Å²) in [5.74, 6) is -0.0385. The van der Waals surface area contributed by atoms with Crippen LogP contribution in [0.15, 0.2) is 30.6 Å². The number of amides is 1. The summed E-state index contributed by atoms with van der Waals surface area (Å²) in [6, 6.07) is 6.98. The Morgan fingerprint density at radius 1 is 1.00 bits per heavy atom. The van der Waals surface area contributed by atoms with Crippen LogP contribution in [0.2, 0.25) is 10.0 Å². The molecule has 1 aliphatic heterocycles. The van der Waals surface area contributed by atoms with Crippen LogP contribution in [0.25, 0.3) is 11.3 Å². The highest BCUT2D eigenvalue weighted by atomic mass is 35.5. The third kappa shape index (κ3) is 3.23. The molecule has 0 bridgehead atoms. The number of rotatable bonds is 2. The van der Waals surface area contributed by atoms with Crippen molar-refractivity contribution in [3.8, 4) is 11.3 Å². The van der Waals surface area contributed by atoms with Gasteiger partial charge in [0.2, 0.25) is 0 Å². The van der Waals surface area contributed by atoms with E-state index in [2.05, 4.69) is 9.97 Å². The van der Waals surface area contributed by atoms with Crippen molar-refractivity contribution in [2.45, 2.75) is 19.3 Å². The minimum absolute atomic E-state index is 0.0385. The number of nitrogens with zero attached hydrogens (tertiary/aromatic N) is 3. The van der Waals surface area contributed by atoms with Gasteiger partial charge in [0.1, 0.15) is 12.0 Å². The van der Waals surface area contributed by atoms with Gasteiger partial charge in [0, 0.05) is 18.7 Å². The Morgan fingerprint density at radius 3 is 2.50 bits per heavy atom. The quantitative estimate of drug-likeness (QED) is 0.830. The number of halogens is 2. The Hall–Kier alpha value is -1.65. The van der Waals surface area contributed by atoms with E-state index in [0.29, 0.717) is 21.4 Å². The molecular weight excluding hydrogens is 321 g/mol. The normalized spacial score (nSPS) is 14.9. The van der Waals surface area contributed by atoms with Crippen LogP contribution in [-0.2, 0) is 0 Å². The number of aromatic nitrogens is 2. The minimum Gasteiger partial charge on any atom is -0.337 e. The predicted molar refractivity (Wildman–Crippen MR) is 87.2 cm³/mol. The Balaban J connectivity index is 1.88. The molecule has 0 spiro atoms. The van der Waals surface area contributed by atoms with E-state index in [0.717, 1.165) is 31.5 Å². The molecule has 1 saturated heterocycles. The molecule has 4 nitrogen and oxygen atoms in total. The molecular formula is C16H15Cl2N3O. The fourth-order valence-electron chi connectivity index (χ4n) is 2.55. The highest BCUT2D eigenvalue weighted by Crippen LogP contribution is 2.27. The highest BCUT2D eigenvalue weighted by Gasteiger charge is 2.20. The van der Waals surface area contributed by atoms with Crippen molar-refractivity contribution in [2.24, 2.45) is 0 Å². The first-order valence-electron chi connectivity index (χ1n) is 7.22. The lowest BCUT2D eigenvalue weighted by Gasteiger charge is -2.26. The SMILES string of the molecule is O=C(c1cc(-c2ccc(Cl)c(Cl)c2)ncn1)N1CCCCC1. The number of carbonyl (C=O) groups is 1. The number of carbonyl (C=O) groups excluding carboxylic acids is 1. The van der Waals surface area contributed by atoms with Gasteiger partial charge < -0.3 is 4.90 Å². The summed E-state index contributed by atoms with van der Waals surface area (Å²) in [6.07, 6.45) is 4.70. The molecule has 0 saturated carbocycles. The van der Waals surface area contributed by atoms with E-state index in [1.165, 1.54) is 12.7 Å². The molecule has 3 rings (SSSR count). The van der Waals surface area contributed by atoms with Crippen LogP contribution >= 0.6 is 23.2 Å². The third-order valence-corrected chi connectivity index (χ3v) is 4.48. The maximum Gasteiger partial charge on any atom is 0.272 e. The van der Waals surface area contributed by atoms with E-state index in [1.54, 1.807) is 18.2 Å². The Bertz CT molecular complexity index is 700. The maximum atomic E-state index is 12.5. The van der Waals surface area contributed by atoms with Crippen LogP contribution in [-0.4, -0.2) is 33.9 Å². The fourth-order valence-corrected chi connectivity index (χ4v) is 2.84. The van der Waals surface area contributed by atoms with Gasteiger partial charge in [-0.15, -0.1) is 0 Å². The molecule has 6 heteroatoms. The third-order valence-electron chi connectivity index (χ3n) is 3.74. The zero-order valence-electron chi connectivity index (χ0n) is 11.9. The van der Waals surface area contributed by atoms with Crippen molar-refractivity contribution in [3.63, 3.8) is 0 Å². The molecule has 22 heavy (non-hydrogen) atoms. The average Bonchev–Trinajstić information content (AvgIpc) is 2.57. The van der Waals surface area contributed by atoms with Crippen LogP contribution in [0.5, 0.6) is 0 Å². The summed E-state index contributed by atoms with van der Waals surface area (Å²) in [7, 11) is 0. The van der Waals surface area contributed by atoms with E-state index >= 15 is 0 Å². The summed E-state index contributed by atoms with van der Waals surface area (Å²) in [4.78, 5) is 22.7. The highest BCUT2D eigenvalue weighted by molar-refractivity contribution is 6.42. The Labute approximate surface area is 139 Å². The van der Waals surface area contributed by atoms with Gasteiger partial charge in [0.05, 0.1) is 15.7 Å². The summed E-state index contributed by atoms with van der Waals surface area (Å²) < 4.78 is 0. The molecule has 0 atom stereocenters. The molecule has 0 radical (unpaired) electrons. The molecule has 1 amide bonds. The molecule has 1 aliphatic rings. The van der Waals surface area contributed by atoms with Crippen molar-refractivity contribution in [3.05, 3.63) is 46.3 Å². The van der Waals surface area contributed by atoms with Crippen molar-refractivity contribution in [1.82, 2.24) is 14.9 Å². The summed E-state index contributed by atoms with van der Waals surface area (Å²) >= 11 is 12.0. The fraction of sp³-hybridized carbons (Fsp3) is 0.312. The molecule has 1 aromatic heterocycles. The van der Waals surface area contributed by atoms with Crippen molar-refractivity contribution >= 4 is 29.1 Å². The van der Waals surface area contributed by atoms with E-state index in [1.807, 2.05) is 11.0 Å². The molecule has 0 aliphatic carbocycles. The predicted octanol–water partition coefficient (Wildman–Crippen LogP) is 4.08. The Morgan fingerprint density at radius 2 is 1.77 bits per heavy atom. The standard InChI is InChI=1S/C16H15Cl2N3O/c17-12-5-4-11(8-13(12)18)14-9-15(20-10-19-14)16(22)21-6-2-1-3-7-21/h4-5,8-10H,1-3,6-7H2. The van der Waals surface area contributed by atoms with E-state index < -0.39 is 0 Å². The molecule has 1 fully saturated rings.